The summed E-state index contributed by atoms with van der Waals surface area (Å²) >= 11 is 0. The summed E-state index contributed by atoms with van der Waals surface area (Å²) in [6.45, 7) is 10.4. The number of epoxide rings is 1. The second-order valence-electron chi connectivity index (χ2n) is 12.6. The summed E-state index contributed by atoms with van der Waals surface area (Å²) in [5, 5.41) is 11.5. The Hall–Kier alpha value is -1.70. The third-order valence-corrected chi connectivity index (χ3v) is 11.2. The summed E-state index contributed by atoms with van der Waals surface area (Å²) < 4.78 is 24.0. The number of aliphatic hydroxyl groups is 1. The van der Waals surface area contributed by atoms with Crippen LogP contribution in [0.2, 0.25) is 0 Å². The second-order valence-corrected chi connectivity index (χ2v) is 12.6. The Morgan fingerprint density at radius 3 is 2.62 bits per heavy atom. The lowest BCUT2D eigenvalue weighted by Crippen LogP contribution is -2.62. The predicted octanol–water partition coefficient (Wildman–Crippen LogP) is 3.63. The minimum absolute atomic E-state index is 0.0437. The molecule has 2 saturated heterocycles. The van der Waals surface area contributed by atoms with Crippen LogP contribution in [-0.4, -0.2) is 53.5 Å². The van der Waals surface area contributed by atoms with Crippen molar-refractivity contribution in [2.45, 2.75) is 95.7 Å². The first-order valence-electron chi connectivity index (χ1n) is 12.5. The van der Waals surface area contributed by atoms with E-state index >= 15 is 0 Å². The van der Waals surface area contributed by atoms with Gasteiger partial charge in [0.05, 0.1) is 37.9 Å². The van der Waals surface area contributed by atoms with Crippen LogP contribution in [0.25, 0.3) is 0 Å². The molecule has 1 aromatic heterocycles. The molecule has 5 aliphatic rings. The fraction of sp³-hybridized carbons (Fsp3) is 0.778. The zero-order valence-electron chi connectivity index (χ0n) is 20.9. The van der Waals surface area contributed by atoms with Crippen molar-refractivity contribution in [3.63, 3.8) is 0 Å². The van der Waals surface area contributed by atoms with Crippen molar-refractivity contribution in [3.8, 4) is 0 Å². The Kier molecular flexibility index (Phi) is 4.37. The van der Waals surface area contributed by atoms with E-state index in [0.29, 0.717) is 12.8 Å². The van der Waals surface area contributed by atoms with Gasteiger partial charge in [0, 0.05) is 35.0 Å². The molecule has 10 atom stereocenters. The molecule has 6 rings (SSSR count). The molecule has 10 unspecified atom stereocenters. The molecule has 1 spiro atoms. The number of methoxy groups -OCH3 is 1. The number of ketones is 1. The smallest absolute Gasteiger partial charge is 0.305 e. The maximum atomic E-state index is 13.3. The predicted molar refractivity (Wildman–Crippen MR) is 121 cm³/mol. The van der Waals surface area contributed by atoms with Crippen molar-refractivity contribution in [1.82, 2.24) is 0 Å². The number of fused-ring (bicyclic) bond motifs is 4. The van der Waals surface area contributed by atoms with Crippen LogP contribution in [0.3, 0.4) is 0 Å². The van der Waals surface area contributed by atoms with E-state index in [1.54, 1.807) is 12.5 Å². The fourth-order valence-electron chi connectivity index (χ4n) is 9.65. The van der Waals surface area contributed by atoms with Crippen LogP contribution in [0.5, 0.6) is 0 Å². The van der Waals surface area contributed by atoms with E-state index in [1.165, 1.54) is 7.11 Å². The molecule has 7 nitrogen and oxygen atoms in total. The van der Waals surface area contributed by atoms with Crippen LogP contribution < -0.4 is 0 Å². The van der Waals surface area contributed by atoms with Crippen molar-refractivity contribution >= 4 is 11.8 Å². The average molecular weight is 473 g/mol. The van der Waals surface area contributed by atoms with Crippen molar-refractivity contribution in [2.75, 3.05) is 7.11 Å². The van der Waals surface area contributed by atoms with Gasteiger partial charge in [-0.2, -0.15) is 0 Å². The number of aliphatic hydroxyl groups excluding tert-OH is 1. The summed E-state index contributed by atoms with van der Waals surface area (Å²) in [5.74, 6) is -0.389. The maximum Gasteiger partial charge on any atom is 0.305 e. The summed E-state index contributed by atoms with van der Waals surface area (Å²) in [5.41, 5.74) is -1.72. The Bertz CT molecular complexity index is 1050. The SMILES string of the molecule is COC(=O)CC1C(C)(C)C(=O)CC2OC3CC4(C)C(c5ccoc5)CC(O)C45OC5(C)C3C21C. The number of hydrogen-bond acceptors (Lipinski definition) is 7. The van der Waals surface area contributed by atoms with Gasteiger partial charge < -0.3 is 23.7 Å². The van der Waals surface area contributed by atoms with E-state index in [9.17, 15) is 14.7 Å². The molecule has 1 N–H and O–H groups in total. The number of rotatable bonds is 3. The largest absolute Gasteiger partial charge is 0.472 e. The number of Topliss-reactive ketones (excluding diaryl/α,β-unsaturated/α-hetero) is 1. The van der Waals surface area contributed by atoms with Gasteiger partial charge in [-0.15, -0.1) is 0 Å². The van der Waals surface area contributed by atoms with Crippen molar-refractivity contribution in [2.24, 2.45) is 28.1 Å². The number of esters is 1. The lowest BCUT2D eigenvalue weighted by Gasteiger charge is -2.55. The highest BCUT2D eigenvalue weighted by Crippen LogP contribution is 2.81. The van der Waals surface area contributed by atoms with Crippen molar-refractivity contribution in [3.05, 3.63) is 24.2 Å². The number of ether oxygens (including phenoxy) is 3. The van der Waals surface area contributed by atoms with E-state index in [2.05, 4.69) is 20.8 Å². The summed E-state index contributed by atoms with van der Waals surface area (Å²) in [6, 6.07) is 1.98. The maximum absolute atomic E-state index is 13.3. The van der Waals surface area contributed by atoms with Gasteiger partial charge in [-0.25, -0.2) is 0 Å². The molecule has 3 aliphatic carbocycles. The average Bonchev–Trinajstić information content (AvgIpc) is 3.06. The zero-order chi connectivity index (χ0) is 24.5. The molecule has 5 fully saturated rings. The minimum Gasteiger partial charge on any atom is -0.472 e. The lowest BCUT2D eigenvalue weighted by molar-refractivity contribution is -0.159. The van der Waals surface area contributed by atoms with Crippen LogP contribution in [0.15, 0.2) is 23.0 Å². The molecule has 0 aromatic carbocycles. The molecule has 1 aromatic rings. The highest BCUT2D eigenvalue weighted by atomic mass is 16.7. The standard InChI is InChI=1S/C27H36O7/c1-23(2)17(10-21(30)31-6)25(4)20(11-18(23)28)33-16-12-24(3)15(14-7-8-32-13-14)9-19(29)27(24)26(5,34-27)22(16)25/h7-8,13,15-17,19-20,22,29H,9-12H2,1-6H3. The fourth-order valence-corrected chi connectivity index (χ4v) is 9.65. The van der Waals surface area contributed by atoms with E-state index in [-0.39, 0.29) is 53.6 Å². The quantitative estimate of drug-likeness (QED) is 0.530. The first-order valence-corrected chi connectivity index (χ1v) is 12.5. The molecule has 0 bridgehead atoms. The Morgan fingerprint density at radius 2 is 1.97 bits per heavy atom. The topological polar surface area (TPSA) is 98.5 Å². The molecule has 3 heterocycles. The molecular formula is C27H36O7. The van der Waals surface area contributed by atoms with Crippen LogP contribution in [-0.2, 0) is 23.8 Å². The molecule has 0 radical (unpaired) electrons. The number of carbonyl (C=O) groups excluding carboxylic acids is 2. The molecule has 186 valence electrons. The van der Waals surface area contributed by atoms with Gasteiger partial charge >= 0.3 is 5.97 Å². The number of furan rings is 1. The molecule has 0 amide bonds. The summed E-state index contributed by atoms with van der Waals surface area (Å²) in [6.07, 6.45) is 4.27. The Labute approximate surface area is 200 Å². The van der Waals surface area contributed by atoms with Crippen LogP contribution in [0.4, 0.5) is 0 Å². The third kappa shape index (κ3) is 2.30. The summed E-state index contributed by atoms with van der Waals surface area (Å²) in [4.78, 5) is 25.8. The lowest BCUT2D eigenvalue weighted by atomic mass is 9.45. The van der Waals surface area contributed by atoms with Gasteiger partial charge in [0.25, 0.3) is 0 Å². The first-order chi connectivity index (χ1) is 15.9. The molecule has 34 heavy (non-hydrogen) atoms. The zero-order valence-corrected chi connectivity index (χ0v) is 20.9. The van der Waals surface area contributed by atoms with E-state index in [0.717, 1.165) is 12.0 Å². The second kappa shape index (κ2) is 6.54. The normalized spacial score (nSPS) is 52.4. The molecule has 3 saturated carbocycles. The van der Waals surface area contributed by atoms with E-state index in [4.69, 9.17) is 18.6 Å². The molecule has 7 heteroatoms. The van der Waals surface area contributed by atoms with Gasteiger partial charge in [-0.05, 0) is 43.2 Å². The van der Waals surface area contributed by atoms with Gasteiger partial charge in [-0.3, -0.25) is 9.59 Å². The summed E-state index contributed by atoms with van der Waals surface area (Å²) in [7, 11) is 1.39. The van der Waals surface area contributed by atoms with E-state index in [1.807, 2.05) is 19.9 Å². The number of hydrogen-bond donors (Lipinski definition) is 1. The minimum atomic E-state index is -0.690. The van der Waals surface area contributed by atoms with Crippen LogP contribution in [0, 0.1) is 28.1 Å². The van der Waals surface area contributed by atoms with Gasteiger partial charge in [-0.1, -0.05) is 27.7 Å². The monoisotopic (exact) mass is 472 g/mol. The number of carbonyl (C=O) groups is 2. The van der Waals surface area contributed by atoms with Gasteiger partial charge in [0.15, 0.2) is 0 Å². The Balaban J connectivity index is 1.46. The highest BCUT2D eigenvalue weighted by Gasteiger charge is 2.90. The van der Waals surface area contributed by atoms with Crippen LogP contribution in [0.1, 0.15) is 71.8 Å². The van der Waals surface area contributed by atoms with Gasteiger partial charge in [0.2, 0.25) is 0 Å². The van der Waals surface area contributed by atoms with E-state index < -0.39 is 28.1 Å². The molecular weight excluding hydrogens is 436 g/mol. The Morgan fingerprint density at radius 1 is 1.24 bits per heavy atom. The first kappa shape index (κ1) is 22.7. The highest BCUT2D eigenvalue weighted by molar-refractivity contribution is 5.87. The third-order valence-electron chi connectivity index (χ3n) is 11.2. The van der Waals surface area contributed by atoms with Crippen molar-refractivity contribution in [1.29, 1.82) is 0 Å². The van der Waals surface area contributed by atoms with Gasteiger partial charge in [0.1, 0.15) is 17.0 Å². The van der Waals surface area contributed by atoms with Crippen LogP contribution >= 0.6 is 0 Å². The molecule has 2 aliphatic heterocycles. The van der Waals surface area contributed by atoms with Crippen molar-refractivity contribution < 1.29 is 33.3 Å².